The second kappa shape index (κ2) is 7.97. The van der Waals surface area contributed by atoms with Gasteiger partial charge in [0.25, 0.3) is 0 Å². The van der Waals surface area contributed by atoms with E-state index in [1.165, 1.54) is 0 Å². The maximum absolute atomic E-state index is 12.3. The van der Waals surface area contributed by atoms with Gasteiger partial charge in [-0.3, -0.25) is 0 Å². The average Bonchev–Trinajstić information content (AvgIpc) is 2.49. The van der Waals surface area contributed by atoms with Crippen molar-refractivity contribution in [2.24, 2.45) is 0 Å². The van der Waals surface area contributed by atoms with Crippen LogP contribution in [0.25, 0.3) is 0 Å². The number of amides is 2. The third-order valence-corrected chi connectivity index (χ3v) is 4.03. The minimum atomic E-state index is -0.726. The van der Waals surface area contributed by atoms with Crippen LogP contribution in [0.2, 0.25) is 10.0 Å². The highest BCUT2D eigenvalue weighted by Crippen LogP contribution is 2.38. The summed E-state index contributed by atoms with van der Waals surface area (Å²) < 4.78 is 10.7. The molecule has 1 unspecified atom stereocenters. The van der Waals surface area contributed by atoms with Crippen LogP contribution in [0, 0.1) is 0 Å². The van der Waals surface area contributed by atoms with Gasteiger partial charge in [-0.15, -0.1) is 0 Å². The van der Waals surface area contributed by atoms with E-state index in [-0.39, 0.29) is 12.7 Å². The van der Waals surface area contributed by atoms with Crippen molar-refractivity contribution in [2.75, 3.05) is 6.61 Å². The molecule has 136 valence electrons. The smallest absolute Gasteiger partial charge is 0.338 e. The molecule has 1 aromatic rings. The van der Waals surface area contributed by atoms with Gasteiger partial charge in [-0.1, -0.05) is 23.2 Å². The van der Waals surface area contributed by atoms with Crippen LogP contribution in [0.1, 0.15) is 39.3 Å². The van der Waals surface area contributed by atoms with Crippen molar-refractivity contribution in [3.05, 3.63) is 39.0 Å². The summed E-state index contributed by atoms with van der Waals surface area (Å²) in [5, 5.41) is 5.87. The van der Waals surface area contributed by atoms with Crippen molar-refractivity contribution in [3.8, 4) is 5.75 Å². The summed E-state index contributed by atoms with van der Waals surface area (Å²) in [7, 11) is 0. The number of urea groups is 1. The van der Waals surface area contributed by atoms with E-state index >= 15 is 0 Å². The molecule has 0 saturated heterocycles. The molecule has 8 heteroatoms. The number of hydrogen-bond acceptors (Lipinski definition) is 4. The first-order valence-corrected chi connectivity index (χ1v) is 8.61. The molecule has 0 aliphatic carbocycles. The number of hydrogen-bond donors (Lipinski definition) is 2. The molecule has 0 bridgehead atoms. The van der Waals surface area contributed by atoms with Gasteiger partial charge in [0.1, 0.15) is 0 Å². The van der Waals surface area contributed by atoms with Crippen LogP contribution in [0.5, 0.6) is 5.75 Å². The van der Waals surface area contributed by atoms with Gasteiger partial charge in [0, 0.05) is 5.70 Å². The second-order valence-corrected chi connectivity index (χ2v) is 6.59. The maximum atomic E-state index is 12.3. The van der Waals surface area contributed by atoms with E-state index < -0.39 is 18.0 Å². The molecule has 1 atom stereocenters. The maximum Gasteiger partial charge on any atom is 0.338 e. The van der Waals surface area contributed by atoms with Crippen LogP contribution in [-0.2, 0) is 9.53 Å². The first-order valence-electron chi connectivity index (χ1n) is 7.85. The molecule has 0 saturated carbocycles. The molecule has 2 rings (SSSR count). The van der Waals surface area contributed by atoms with Crippen LogP contribution in [0.15, 0.2) is 23.4 Å². The number of nitrogens with one attached hydrogen (secondary N) is 2. The Kier molecular flexibility index (Phi) is 6.19. The van der Waals surface area contributed by atoms with Crippen LogP contribution >= 0.6 is 23.2 Å². The summed E-state index contributed by atoms with van der Waals surface area (Å²) in [5.74, 6) is -0.159. The summed E-state index contributed by atoms with van der Waals surface area (Å²) in [6.45, 7) is 7.29. The Bertz CT molecular complexity index is 708. The summed E-state index contributed by atoms with van der Waals surface area (Å²) >= 11 is 12.6. The molecular weight excluding hydrogens is 367 g/mol. The van der Waals surface area contributed by atoms with Crippen molar-refractivity contribution < 1.29 is 19.1 Å². The lowest BCUT2D eigenvalue weighted by Gasteiger charge is -2.28. The predicted molar refractivity (Wildman–Crippen MR) is 96.0 cm³/mol. The van der Waals surface area contributed by atoms with Gasteiger partial charge in [0.2, 0.25) is 0 Å². The monoisotopic (exact) mass is 386 g/mol. The fourth-order valence-corrected chi connectivity index (χ4v) is 3.11. The number of benzene rings is 1. The molecule has 0 radical (unpaired) electrons. The van der Waals surface area contributed by atoms with Crippen LogP contribution in [0.3, 0.4) is 0 Å². The molecule has 0 spiro atoms. The van der Waals surface area contributed by atoms with Crippen molar-refractivity contribution in [1.29, 1.82) is 0 Å². The molecular formula is C17H20Cl2N2O4. The van der Waals surface area contributed by atoms with E-state index in [0.717, 1.165) is 0 Å². The highest BCUT2D eigenvalue weighted by molar-refractivity contribution is 6.37. The lowest BCUT2D eigenvalue weighted by molar-refractivity contribution is -0.139. The largest absolute Gasteiger partial charge is 0.488 e. The van der Waals surface area contributed by atoms with E-state index in [1.807, 2.05) is 13.8 Å². The molecule has 2 amide bonds. The van der Waals surface area contributed by atoms with Gasteiger partial charge in [0.05, 0.1) is 34.4 Å². The van der Waals surface area contributed by atoms with Gasteiger partial charge < -0.3 is 20.1 Å². The molecule has 1 aliphatic rings. The minimum absolute atomic E-state index is 0.100. The van der Waals surface area contributed by atoms with E-state index in [9.17, 15) is 9.59 Å². The Balaban J connectivity index is 2.49. The number of ether oxygens (including phenoxy) is 2. The Morgan fingerprint density at radius 2 is 1.88 bits per heavy atom. The van der Waals surface area contributed by atoms with Gasteiger partial charge in [-0.25, -0.2) is 9.59 Å². The first-order chi connectivity index (χ1) is 11.7. The summed E-state index contributed by atoms with van der Waals surface area (Å²) in [6, 6.07) is 2.09. The SMILES string of the molecule is CCOC(=O)C1=C(C)NC(=O)NC1c1cc(Cl)c(OC(C)C)c(Cl)c1. The van der Waals surface area contributed by atoms with E-state index in [1.54, 1.807) is 26.0 Å². The molecule has 1 heterocycles. The van der Waals surface area contributed by atoms with E-state index in [4.69, 9.17) is 32.7 Å². The van der Waals surface area contributed by atoms with Crippen molar-refractivity contribution in [2.45, 2.75) is 39.8 Å². The Labute approximate surface area is 156 Å². The fourth-order valence-electron chi connectivity index (χ4n) is 2.52. The summed E-state index contributed by atoms with van der Waals surface area (Å²) in [4.78, 5) is 24.2. The van der Waals surface area contributed by atoms with Gasteiger partial charge in [0.15, 0.2) is 5.75 Å². The van der Waals surface area contributed by atoms with E-state index in [0.29, 0.717) is 32.6 Å². The zero-order chi connectivity index (χ0) is 18.7. The number of carbonyl (C=O) groups is 2. The summed E-state index contributed by atoms with van der Waals surface area (Å²) in [6.07, 6.45) is -0.100. The first kappa shape index (κ1) is 19.4. The third-order valence-electron chi connectivity index (χ3n) is 3.47. The predicted octanol–water partition coefficient (Wildman–Crippen LogP) is 3.97. The van der Waals surface area contributed by atoms with Gasteiger partial charge in [-0.05, 0) is 45.4 Å². The Morgan fingerprint density at radius 3 is 2.40 bits per heavy atom. The van der Waals surface area contributed by atoms with Crippen molar-refractivity contribution in [3.63, 3.8) is 0 Å². The normalized spacial score (nSPS) is 17.2. The topological polar surface area (TPSA) is 76.7 Å². The van der Waals surface area contributed by atoms with Gasteiger partial charge in [-0.2, -0.15) is 0 Å². The zero-order valence-electron chi connectivity index (χ0n) is 14.4. The van der Waals surface area contributed by atoms with E-state index in [2.05, 4.69) is 10.6 Å². The van der Waals surface area contributed by atoms with Crippen LogP contribution < -0.4 is 15.4 Å². The molecule has 25 heavy (non-hydrogen) atoms. The number of allylic oxidation sites excluding steroid dienone is 1. The zero-order valence-corrected chi connectivity index (χ0v) is 15.9. The lowest BCUT2D eigenvalue weighted by atomic mass is 9.95. The third kappa shape index (κ3) is 4.38. The molecule has 6 nitrogen and oxygen atoms in total. The number of rotatable bonds is 5. The molecule has 2 N–H and O–H groups in total. The summed E-state index contributed by atoms with van der Waals surface area (Å²) in [5.41, 5.74) is 1.27. The molecule has 0 fully saturated rings. The molecule has 1 aliphatic heterocycles. The lowest BCUT2D eigenvalue weighted by Crippen LogP contribution is -2.45. The Morgan fingerprint density at radius 1 is 1.28 bits per heavy atom. The van der Waals surface area contributed by atoms with Crippen LogP contribution in [0.4, 0.5) is 4.79 Å². The minimum Gasteiger partial charge on any atom is -0.488 e. The highest BCUT2D eigenvalue weighted by Gasteiger charge is 2.33. The second-order valence-electron chi connectivity index (χ2n) is 5.77. The average molecular weight is 387 g/mol. The fraction of sp³-hybridized carbons (Fsp3) is 0.412. The Hall–Kier alpha value is -1.92. The van der Waals surface area contributed by atoms with Crippen LogP contribution in [-0.4, -0.2) is 24.7 Å². The van der Waals surface area contributed by atoms with Crippen molar-refractivity contribution in [1.82, 2.24) is 10.6 Å². The number of carbonyl (C=O) groups excluding carboxylic acids is 2. The molecule has 1 aromatic carbocycles. The quantitative estimate of drug-likeness (QED) is 0.750. The number of esters is 1. The highest BCUT2D eigenvalue weighted by atomic mass is 35.5. The van der Waals surface area contributed by atoms with Crippen molar-refractivity contribution >= 4 is 35.2 Å². The van der Waals surface area contributed by atoms with Gasteiger partial charge >= 0.3 is 12.0 Å². The number of halogens is 2. The standard InChI is InChI=1S/C17H20Cl2N2O4/c1-5-24-16(22)13-9(4)20-17(23)21-14(13)10-6-11(18)15(12(19)7-10)25-8(2)3/h6-8,14H,5H2,1-4H3,(H2,20,21,23). The molecule has 0 aromatic heterocycles.